The molecule has 0 radical (unpaired) electrons. The molecule has 0 N–H and O–H groups in total. The van der Waals surface area contributed by atoms with Crippen molar-refractivity contribution in [3.05, 3.63) is 23.7 Å². The van der Waals surface area contributed by atoms with Crippen LogP contribution in [0.4, 0.5) is 0 Å². The molecule has 0 bridgehead atoms. The average Bonchev–Trinajstić information content (AvgIpc) is 2.66. The molecule has 0 unspecified atom stereocenters. The van der Waals surface area contributed by atoms with Gasteiger partial charge in [-0.05, 0) is 42.8 Å². The van der Waals surface area contributed by atoms with Crippen LogP contribution in [0, 0.1) is 12.8 Å². The second-order valence-electron chi connectivity index (χ2n) is 4.15. The molecule has 1 aromatic heterocycles. The minimum atomic E-state index is 0.248. The first-order chi connectivity index (χ1) is 7.27. The van der Waals surface area contributed by atoms with Crippen LogP contribution in [0.15, 0.2) is 16.9 Å². The highest BCUT2D eigenvalue weighted by Crippen LogP contribution is 2.27. The van der Waals surface area contributed by atoms with Crippen LogP contribution < -0.4 is 0 Å². The summed E-state index contributed by atoms with van der Waals surface area (Å²) in [5.74, 6) is 3.26. The van der Waals surface area contributed by atoms with E-state index in [-0.39, 0.29) is 5.78 Å². The van der Waals surface area contributed by atoms with Crippen molar-refractivity contribution >= 4 is 17.5 Å². The van der Waals surface area contributed by atoms with Crippen molar-refractivity contribution in [1.82, 2.24) is 0 Å². The average molecular weight is 224 g/mol. The van der Waals surface area contributed by atoms with Gasteiger partial charge in [0.2, 0.25) is 0 Å². The van der Waals surface area contributed by atoms with Crippen LogP contribution in [0.5, 0.6) is 0 Å². The fourth-order valence-corrected chi connectivity index (χ4v) is 3.17. The Hall–Kier alpha value is -0.700. The third-order valence-electron chi connectivity index (χ3n) is 2.97. The van der Waals surface area contributed by atoms with Crippen LogP contribution in [-0.2, 0) is 0 Å². The quantitative estimate of drug-likeness (QED) is 0.738. The number of carbonyl (C=O) groups is 1. The molecule has 2 heterocycles. The SMILES string of the molecule is Cc1cocc1C(=O)CC1CCSCC1. The van der Waals surface area contributed by atoms with E-state index in [1.54, 1.807) is 12.5 Å². The number of aryl methyl sites for hydroxylation is 1. The molecular weight excluding hydrogens is 208 g/mol. The highest BCUT2D eigenvalue weighted by atomic mass is 32.2. The fraction of sp³-hybridized carbons (Fsp3) is 0.583. The second-order valence-corrected chi connectivity index (χ2v) is 5.38. The lowest BCUT2D eigenvalue weighted by atomic mass is 9.93. The van der Waals surface area contributed by atoms with Crippen molar-refractivity contribution in [2.24, 2.45) is 5.92 Å². The van der Waals surface area contributed by atoms with Gasteiger partial charge in [-0.1, -0.05) is 0 Å². The zero-order valence-corrected chi connectivity index (χ0v) is 9.81. The van der Waals surface area contributed by atoms with Crippen molar-refractivity contribution < 1.29 is 9.21 Å². The molecule has 2 rings (SSSR count). The molecule has 82 valence electrons. The first kappa shape index (κ1) is 10.8. The summed E-state index contributed by atoms with van der Waals surface area (Å²) < 4.78 is 5.03. The van der Waals surface area contributed by atoms with Gasteiger partial charge in [0.15, 0.2) is 5.78 Å². The van der Waals surface area contributed by atoms with Gasteiger partial charge in [-0.3, -0.25) is 4.79 Å². The Bertz CT molecular complexity index is 337. The van der Waals surface area contributed by atoms with Crippen molar-refractivity contribution in [3.8, 4) is 0 Å². The summed E-state index contributed by atoms with van der Waals surface area (Å²) in [7, 11) is 0. The van der Waals surface area contributed by atoms with E-state index in [0.29, 0.717) is 12.3 Å². The molecule has 1 aliphatic heterocycles. The van der Waals surface area contributed by atoms with Crippen LogP contribution >= 0.6 is 11.8 Å². The van der Waals surface area contributed by atoms with Gasteiger partial charge in [0.25, 0.3) is 0 Å². The Balaban J connectivity index is 1.94. The highest BCUT2D eigenvalue weighted by molar-refractivity contribution is 7.99. The Labute approximate surface area is 94.4 Å². The minimum Gasteiger partial charge on any atom is -0.472 e. The monoisotopic (exact) mass is 224 g/mol. The highest BCUT2D eigenvalue weighted by Gasteiger charge is 2.19. The van der Waals surface area contributed by atoms with Gasteiger partial charge in [0.1, 0.15) is 6.26 Å². The summed E-state index contributed by atoms with van der Waals surface area (Å²) in [5, 5.41) is 0. The van der Waals surface area contributed by atoms with Gasteiger partial charge in [-0.2, -0.15) is 11.8 Å². The van der Waals surface area contributed by atoms with Crippen molar-refractivity contribution in [1.29, 1.82) is 0 Å². The Morgan fingerprint density at radius 1 is 1.47 bits per heavy atom. The Morgan fingerprint density at radius 2 is 2.20 bits per heavy atom. The van der Waals surface area contributed by atoms with Crippen LogP contribution in [-0.4, -0.2) is 17.3 Å². The van der Waals surface area contributed by atoms with Gasteiger partial charge < -0.3 is 4.42 Å². The van der Waals surface area contributed by atoms with Crippen LogP contribution in [0.1, 0.15) is 35.2 Å². The van der Waals surface area contributed by atoms with Gasteiger partial charge >= 0.3 is 0 Å². The van der Waals surface area contributed by atoms with Crippen LogP contribution in [0.3, 0.4) is 0 Å². The maximum atomic E-state index is 11.9. The molecule has 15 heavy (non-hydrogen) atoms. The number of hydrogen-bond donors (Lipinski definition) is 0. The molecule has 0 amide bonds. The number of ketones is 1. The maximum absolute atomic E-state index is 11.9. The van der Waals surface area contributed by atoms with E-state index in [9.17, 15) is 4.79 Å². The van der Waals surface area contributed by atoms with Gasteiger partial charge in [-0.15, -0.1) is 0 Å². The third kappa shape index (κ3) is 2.65. The van der Waals surface area contributed by atoms with Crippen LogP contribution in [0.25, 0.3) is 0 Å². The lowest BCUT2D eigenvalue weighted by Crippen LogP contribution is -2.14. The number of hydrogen-bond acceptors (Lipinski definition) is 3. The smallest absolute Gasteiger partial charge is 0.166 e. The minimum absolute atomic E-state index is 0.248. The molecule has 2 nitrogen and oxygen atoms in total. The summed E-state index contributed by atoms with van der Waals surface area (Å²) in [5.41, 5.74) is 1.73. The molecule has 1 aliphatic rings. The molecule has 0 atom stereocenters. The Morgan fingerprint density at radius 3 is 2.80 bits per heavy atom. The normalized spacial score (nSPS) is 17.9. The first-order valence-electron chi connectivity index (χ1n) is 5.41. The van der Waals surface area contributed by atoms with Gasteiger partial charge in [0, 0.05) is 6.42 Å². The number of Topliss-reactive ketones (excluding diaryl/α,β-unsaturated/α-hetero) is 1. The molecule has 0 aromatic carbocycles. The van der Waals surface area contributed by atoms with E-state index in [0.717, 1.165) is 11.1 Å². The predicted octanol–water partition coefficient (Wildman–Crippen LogP) is 3.30. The number of furan rings is 1. The van der Waals surface area contributed by atoms with Crippen molar-refractivity contribution in [2.75, 3.05) is 11.5 Å². The first-order valence-corrected chi connectivity index (χ1v) is 6.56. The second kappa shape index (κ2) is 4.88. The van der Waals surface area contributed by atoms with E-state index in [1.807, 2.05) is 18.7 Å². The number of rotatable bonds is 3. The summed E-state index contributed by atoms with van der Waals surface area (Å²) >= 11 is 2.00. The van der Waals surface area contributed by atoms with E-state index < -0.39 is 0 Å². The van der Waals surface area contributed by atoms with Gasteiger partial charge in [-0.25, -0.2) is 0 Å². The summed E-state index contributed by atoms with van der Waals surface area (Å²) in [4.78, 5) is 11.9. The fourth-order valence-electron chi connectivity index (χ4n) is 1.97. The summed E-state index contributed by atoms with van der Waals surface area (Å²) in [6.45, 7) is 1.92. The predicted molar refractivity (Wildman–Crippen MR) is 62.4 cm³/mol. The lowest BCUT2D eigenvalue weighted by Gasteiger charge is -2.20. The standard InChI is InChI=1S/C12H16O2S/c1-9-7-14-8-11(9)12(13)6-10-2-4-15-5-3-10/h7-8,10H,2-6H2,1H3. The number of thioether (sulfide) groups is 1. The van der Waals surface area contributed by atoms with Crippen molar-refractivity contribution in [3.63, 3.8) is 0 Å². The molecule has 0 aliphatic carbocycles. The lowest BCUT2D eigenvalue weighted by molar-refractivity contribution is 0.0957. The molecule has 1 saturated heterocycles. The largest absolute Gasteiger partial charge is 0.472 e. The molecular formula is C12H16O2S. The zero-order valence-electron chi connectivity index (χ0n) is 8.99. The van der Waals surface area contributed by atoms with E-state index in [2.05, 4.69) is 0 Å². The van der Waals surface area contributed by atoms with E-state index in [1.165, 1.54) is 24.3 Å². The zero-order chi connectivity index (χ0) is 10.7. The molecule has 3 heteroatoms. The maximum Gasteiger partial charge on any atom is 0.166 e. The molecule has 1 fully saturated rings. The number of carbonyl (C=O) groups excluding carboxylic acids is 1. The molecule has 0 saturated carbocycles. The molecule has 0 spiro atoms. The van der Waals surface area contributed by atoms with E-state index >= 15 is 0 Å². The topological polar surface area (TPSA) is 30.2 Å². The summed E-state index contributed by atoms with van der Waals surface area (Å²) in [6.07, 6.45) is 6.29. The third-order valence-corrected chi connectivity index (χ3v) is 4.02. The van der Waals surface area contributed by atoms with Crippen LogP contribution in [0.2, 0.25) is 0 Å². The molecule has 1 aromatic rings. The van der Waals surface area contributed by atoms with Crippen molar-refractivity contribution in [2.45, 2.75) is 26.2 Å². The summed E-state index contributed by atoms with van der Waals surface area (Å²) in [6, 6.07) is 0. The Kier molecular flexibility index (Phi) is 3.52. The van der Waals surface area contributed by atoms with Gasteiger partial charge in [0.05, 0.1) is 11.8 Å². The van der Waals surface area contributed by atoms with E-state index in [4.69, 9.17) is 4.42 Å².